The van der Waals surface area contributed by atoms with Crippen LogP contribution in [0.5, 0.6) is 0 Å². The second-order valence-corrected chi connectivity index (χ2v) is 8.65. The molecule has 2 aromatic heterocycles. The summed E-state index contributed by atoms with van der Waals surface area (Å²) in [5.41, 5.74) is 0.555. The molecule has 0 aliphatic carbocycles. The predicted octanol–water partition coefficient (Wildman–Crippen LogP) is 4.65. The van der Waals surface area contributed by atoms with E-state index in [9.17, 15) is 9.59 Å². The van der Waals surface area contributed by atoms with Crippen molar-refractivity contribution in [3.8, 4) is 0 Å². The maximum Gasteiger partial charge on any atom is 0.349 e. The fourth-order valence-electron chi connectivity index (χ4n) is 3.19. The molecule has 4 aromatic rings. The molecular formula is C22H20ClN3O3S. The number of thiazole rings is 1. The van der Waals surface area contributed by atoms with Crippen LogP contribution in [-0.2, 0) is 0 Å². The summed E-state index contributed by atoms with van der Waals surface area (Å²) in [6, 6.07) is 14.1. The smallest absolute Gasteiger partial charge is 0.349 e. The van der Waals surface area contributed by atoms with Crippen LogP contribution in [0, 0.1) is 0 Å². The van der Waals surface area contributed by atoms with Crippen LogP contribution >= 0.6 is 22.9 Å². The third-order valence-corrected chi connectivity index (χ3v) is 5.95. The SMILES string of the molecule is CN(C)CCCN(C(=O)c1cc2ccccc2oc1=O)c1nc2ccc(Cl)cc2s1. The number of carbonyl (C=O) groups is 1. The summed E-state index contributed by atoms with van der Waals surface area (Å²) >= 11 is 7.47. The van der Waals surface area contributed by atoms with Crippen LogP contribution in [0.1, 0.15) is 16.8 Å². The summed E-state index contributed by atoms with van der Waals surface area (Å²) in [6.45, 7) is 1.23. The number of hydrogen-bond acceptors (Lipinski definition) is 6. The molecular weight excluding hydrogens is 422 g/mol. The molecule has 2 aromatic carbocycles. The van der Waals surface area contributed by atoms with Crippen molar-refractivity contribution in [2.45, 2.75) is 6.42 Å². The summed E-state index contributed by atoms with van der Waals surface area (Å²) in [5, 5.41) is 1.84. The lowest BCUT2D eigenvalue weighted by Gasteiger charge is -2.20. The van der Waals surface area contributed by atoms with E-state index >= 15 is 0 Å². The van der Waals surface area contributed by atoms with Crippen LogP contribution in [0.25, 0.3) is 21.2 Å². The molecule has 0 aliphatic rings. The lowest BCUT2D eigenvalue weighted by Crippen LogP contribution is -2.36. The van der Waals surface area contributed by atoms with Crippen LogP contribution in [-0.4, -0.2) is 43.0 Å². The Hall–Kier alpha value is -2.74. The molecule has 4 rings (SSSR count). The first-order valence-electron chi connectivity index (χ1n) is 9.48. The van der Waals surface area contributed by atoms with Gasteiger partial charge in [-0.15, -0.1) is 0 Å². The third kappa shape index (κ3) is 4.23. The Bertz CT molecular complexity index is 1280. The highest BCUT2D eigenvalue weighted by atomic mass is 35.5. The number of halogens is 1. The van der Waals surface area contributed by atoms with Gasteiger partial charge < -0.3 is 9.32 Å². The molecule has 154 valence electrons. The fourth-order valence-corrected chi connectivity index (χ4v) is 4.45. The van der Waals surface area contributed by atoms with Gasteiger partial charge in [0.25, 0.3) is 5.91 Å². The maximum absolute atomic E-state index is 13.4. The average Bonchev–Trinajstić information content (AvgIpc) is 3.12. The lowest BCUT2D eigenvalue weighted by molar-refractivity contribution is 0.0982. The maximum atomic E-state index is 13.4. The topological polar surface area (TPSA) is 66.7 Å². The number of carbonyl (C=O) groups excluding carboxylic acids is 1. The molecule has 6 nitrogen and oxygen atoms in total. The van der Waals surface area contributed by atoms with E-state index in [1.807, 2.05) is 43.3 Å². The number of nitrogens with zero attached hydrogens (tertiary/aromatic N) is 3. The van der Waals surface area contributed by atoms with Crippen molar-refractivity contribution in [2.75, 3.05) is 32.1 Å². The molecule has 0 bridgehead atoms. The van der Waals surface area contributed by atoms with Gasteiger partial charge in [-0.3, -0.25) is 9.69 Å². The first-order valence-corrected chi connectivity index (χ1v) is 10.7. The minimum absolute atomic E-state index is 0.00385. The van der Waals surface area contributed by atoms with Gasteiger partial charge in [0, 0.05) is 17.0 Å². The lowest BCUT2D eigenvalue weighted by atomic mass is 10.1. The van der Waals surface area contributed by atoms with Gasteiger partial charge in [-0.05, 0) is 57.4 Å². The highest BCUT2D eigenvalue weighted by molar-refractivity contribution is 7.22. The number of amides is 1. The Morgan fingerprint density at radius 1 is 1.13 bits per heavy atom. The molecule has 0 atom stereocenters. The van der Waals surface area contributed by atoms with Crippen molar-refractivity contribution in [3.63, 3.8) is 0 Å². The van der Waals surface area contributed by atoms with Crippen molar-refractivity contribution in [1.82, 2.24) is 9.88 Å². The standard InChI is InChI=1S/C22H20ClN3O3S/c1-25(2)10-5-11-26(22-24-17-9-8-15(23)13-19(17)30-22)20(27)16-12-14-6-3-4-7-18(14)29-21(16)28/h3-4,6-9,12-13H,5,10-11H2,1-2H3. The molecule has 0 saturated carbocycles. The molecule has 8 heteroatoms. The predicted molar refractivity (Wildman–Crippen MR) is 122 cm³/mol. The largest absolute Gasteiger partial charge is 0.422 e. The van der Waals surface area contributed by atoms with Crippen molar-refractivity contribution in [1.29, 1.82) is 0 Å². The normalized spacial score (nSPS) is 11.5. The zero-order valence-corrected chi connectivity index (χ0v) is 18.2. The summed E-state index contributed by atoms with van der Waals surface area (Å²) in [6.07, 6.45) is 0.730. The van der Waals surface area contributed by atoms with Crippen LogP contribution < -0.4 is 10.5 Å². The molecule has 0 N–H and O–H groups in total. The Morgan fingerprint density at radius 2 is 1.93 bits per heavy atom. The number of rotatable bonds is 6. The van der Waals surface area contributed by atoms with E-state index < -0.39 is 11.5 Å². The van der Waals surface area contributed by atoms with Crippen molar-refractivity contribution in [3.05, 3.63) is 69.5 Å². The van der Waals surface area contributed by atoms with Gasteiger partial charge in [0.05, 0.1) is 10.2 Å². The van der Waals surface area contributed by atoms with Gasteiger partial charge in [-0.2, -0.15) is 0 Å². The van der Waals surface area contributed by atoms with Crippen molar-refractivity contribution in [2.24, 2.45) is 0 Å². The summed E-state index contributed by atoms with van der Waals surface area (Å²) in [5.74, 6) is -0.418. The van der Waals surface area contributed by atoms with Gasteiger partial charge in [0.2, 0.25) is 0 Å². The van der Waals surface area contributed by atoms with E-state index in [0.717, 1.165) is 23.2 Å². The zero-order chi connectivity index (χ0) is 21.3. The molecule has 0 spiro atoms. The minimum Gasteiger partial charge on any atom is -0.422 e. The Labute approximate surface area is 182 Å². The number of anilines is 1. The zero-order valence-electron chi connectivity index (χ0n) is 16.6. The van der Waals surface area contributed by atoms with Crippen LogP contribution in [0.2, 0.25) is 5.02 Å². The second-order valence-electron chi connectivity index (χ2n) is 7.21. The molecule has 0 saturated heterocycles. The molecule has 0 radical (unpaired) electrons. The molecule has 0 aliphatic heterocycles. The molecule has 1 amide bonds. The average molecular weight is 442 g/mol. The van der Waals surface area contributed by atoms with Gasteiger partial charge >= 0.3 is 5.63 Å². The molecule has 0 fully saturated rings. The van der Waals surface area contributed by atoms with E-state index in [0.29, 0.717) is 27.7 Å². The van der Waals surface area contributed by atoms with Crippen molar-refractivity contribution < 1.29 is 9.21 Å². The first kappa shape index (κ1) is 20.5. The third-order valence-electron chi connectivity index (χ3n) is 4.67. The van der Waals surface area contributed by atoms with E-state index in [-0.39, 0.29) is 5.56 Å². The Balaban J connectivity index is 1.75. The van der Waals surface area contributed by atoms with Gasteiger partial charge in [0.15, 0.2) is 5.13 Å². The van der Waals surface area contributed by atoms with Crippen LogP contribution in [0.15, 0.2) is 57.7 Å². The highest BCUT2D eigenvalue weighted by Crippen LogP contribution is 2.31. The van der Waals surface area contributed by atoms with Crippen LogP contribution in [0.4, 0.5) is 5.13 Å². The summed E-state index contributed by atoms with van der Waals surface area (Å²) in [4.78, 5) is 34.2. The van der Waals surface area contributed by atoms with E-state index in [1.165, 1.54) is 11.3 Å². The minimum atomic E-state index is -0.652. The number of fused-ring (bicyclic) bond motifs is 2. The number of para-hydroxylation sites is 1. The van der Waals surface area contributed by atoms with E-state index in [2.05, 4.69) is 4.98 Å². The Kier molecular flexibility index (Phi) is 5.85. The number of benzene rings is 2. The van der Waals surface area contributed by atoms with Crippen molar-refractivity contribution >= 4 is 55.2 Å². The molecule has 2 heterocycles. The van der Waals surface area contributed by atoms with Gasteiger partial charge in [-0.25, -0.2) is 9.78 Å². The van der Waals surface area contributed by atoms with E-state index in [1.54, 1.807) is 29.2 Å². The Morgan fingerprint density at radius 3 is 2.73 bits per heavy atom. The molecule has 30 heavy (non-hydrogen) atoms. The number of aromatic nitrogens is 1. The van der Waals surface area contributed by atoms with Gasteiger partial charge in [0.1, 0.15) is 11.1 Å². The second kappa shape index (κ2) is 8.55. The fraction of sp³-hybridized carbons (Fsp3) is 0.227. The van der Waals surface area contributed by atoms with Gasteiger partial charge in [-0.1, -0.05) is 41.1 Å². The monoisotopic (exact) mass is 441 g/mol. The molecule has 0 unspecified atom stereocenters. The summed E-state index contributed by atoms with van der Waals surface area (Å²) in [7, 11) is 3.95. The quantitative estimate of drug-likeness (QED) is 0.407. The summed E-state index contributed by atoms with van der Waals surface area (Å²) < 4.78 is 6.25. The highest BCUT2D eigenvalue weighted by Gasteiger charge is 2.24. The van der Waals surface area contributed by atoms with E-state index in [4.69, 9.17) is 16.0 Å². The number of hydrogen-bond donors (Lipinski definition) is 0. The van der Waals surface area contributed by atoms with Crippen LogP contribution in [0.3, 0.4) is 0 Å². The first-order chi connectivity index (χ1) is 14.4.